The molecule has 4 rings (SSSR count). The zero-order valence-electron chi connectivity index (χ0n) is 17.0. The molecule has 2 amide bonds. The molecule has 7 heteroatoms. The first-order chi connectivity index (χ1) is 14.6. The topological polar surface area (TPSA) is 75.4 Å². The molecule has 1 atom stereocenters. The van der Waals surface area contributed by atoms with Gasteiger partial charge in [0, 0.05) is 18.0 Å². The number of likely N-dealkylation sites (tertiary alicyclic amines) is 1. The van der Waals surface area contributed by atoms with E-state index in [1.165, 1.54) is 23.2 Å². The number of amides is 2. The Hall–Kier alpha value is -2.93. The van der Waals surface area contributed by atoms with Gasteiger partial charge < -0.3 is 9.32 Å². The van der Waals surface area contributed by atoms with Gasteiger partial charge >= 0.3 is 0 Å². The maximum atomic E-state index is 13.0. The fraction of sp³-hybridized carbons (Fsp3) is 0.348. The molecule has 6 nitrogen and oxygen atoms in total. The van der Waals surface area contributed by atoms with E-state index in [4.69, 9.17) is 4.42 Å². The number of nitrogens with one attached hydrogen (secondary N) is 1. The molecular weight excluding hydrogens is 398 g/mol. The first-order valence-corrected chi connectivity index (χ1v) is 11.1. The zero-order valence-corrected chi connectivity index (χ0v) is 17.8. The first kappa shape index (κ1) is 20.3. The van der Waals surface area contributed by atoms with Gasteiger partial charge in [-0.3, -0.25) is 14.9 Å². The molecule has 1 aliphatic heterocycles. The summed E-state index contributed by atoms with van der Waals surface area (Å²) in [6, 6.07) is 12.2. The van der Waals surface area contributed by atoms with Gasteiger partial charge in [0.1, 0.15) is 5.76 Å². The maximum absolute atomic E-state index is 13.0. The largest absolute Gasteiger partial charge is 0.469 e. The van der Waals surface area contributed by atoms with Crippen LogP contribution in [0.1, 0.15) is 46.6 Å². The summed E-state index contributed by atoms with van der Waals surface area (Å²) in [4.78, 5) is 31.8. The summed E-state index contributed by atoms with van der Waals surface area (Å²) >= 11 is 1.33. The molecule has 0 unspecified atom stereocenters. The van der Waals surface area contributed by atoms with Gasteiger partial charge in [-0.25, -0.2) is 4.98 Å². The fourth-order valence-electron chi connectivity index (χ4n) is 3.91. The molecule has 3 aromatic rings. The molecule has 0 aliphatic carbocycles. The van der Waals surface area contributed by atoms with Crippen LogP contribution < -0.4 is 5.32 Å². The lowest BCUT2D eigenvalue weighted by molar-refractivity contribution is -0.134. The Kier molecular flexibility index (Phi) is 6.28. The van der Waals surface area contributed by atoms with E-state index in [1.54, 1.807) is 13.0 Å². The van der Waals surface area contributed by atoms with Crippen molar-refractivity contribution < 1.29 is 14.0 Å². The van der Waals surface area contributed by atoms with Crippen molar-refractivity contribution in [3.63, 3.8) is 0 Å². The molecule has 0 spiro atoms. The van der Waals surface area contributed by atoms with E-state index in [-0.39, 0.29) is 24.3 Å². The third kappa shape index (κ3) is 4.79. The van der Waals surface area contributed by atoms with E-state index < -0.39 is 0 Å². The van der Waals surface area contributed by atoms with Gasteiger partial charge in [-0.15, -0.1) is 11.3 Å². The van der Waals surface area contributed by atoms with Gasteiger partial charge in [0.15, 0.2) is 5.13 Å². The van der Waals surface area contributed by atoms with Crippen LogP contribution in [0.2, 0.25) is 0 Å². The average molecular weight is 424 g/mol. The number of hydrogen-bond acceptors (Lipinski definition) is 5. The molecule has 1 fully saturated rings. The molecule has 2 aromatic heterocycles. The highest BCUT2D eigenvalue weighted by Crippen LogP contribution is 2.23. The van der Waals surface area contributed by atoms with Crippen LogP contribution >= 0.6 is 11.3 Å². The second-order valence-electron chi connectivity index (χ2n) is 7.59. The third-order valence-electron chi connectivity index (χ3n) is 5.47. The van der Waals surface area contributed by atoms with Crippen molar-refractivity contribution in [1.82, 2.24) is 9.88 Å². The lowest BCUT2D eigenvalue weighted by atomic mass is 9.95. The van der Waals surface area contributed by atoms with Crippen LogP contribution in [0.4, 0.5) is 5.13 Å². The number of carbonyl (C=O) groups is 2. The Balaban J connectivity index is 1.38. The van der Waals surface area contributed by atoms with Crippen molar-refractivity contribution in [3.05, 3.63) is 70.6 Å². The number of hydrogen-bond donors (Lipinski definition) is 1. The molecule has 30 heavy (non-hydrogen) atoms. The zero-order chi connectivity index (χ0) is 20.9. The molecule has 0 radical (unpaired) electrons. The Morgan fingerprint density at radius 2 is 2.07 bits per heavy atom. The number of rotatable bonds is 6. The quantitative estimate of drug-likeness (QED) is 0.635. The summed E-state index contributed by atoms with van der Waals surface area (Å²) in [5, 5.41) is 5.11. The SMILES string of the molecule is Cc1occc1C(=O)Nc1nc(CC(=O)N2CCCC[C@@H]2Cc2ccccc2)cs1. The minimum atomic E-state index is -0.257. The number of aromatic nitrogens is 1. The number of thiazole rings is 1. The van der Waals surface area contributed by atoms with Gasteiger partial charge in [-0.05, 0) is 44.2 Å². The van der Waals surface area contributed by atoms with Crippen molar-refractivity contribution in [2.24, 2.45) is 0 Å². The minimum Gasteiger partial charge on any atom is -0.469 e. The number of anilines is 1. The Bertz CT molecular complexity index is 1010. The average Bonchev–Trinajstić information content (AvgIpc) is 3.37. The van der Waals surface area contributed by atoms with Gasteiger partial charge in [0.05, 0.1) is 23.9 Å². The molecule has 1 saturated heterocycles. The maximum Gasteiger partial charge on any atom is 0.260 e. The van der Waals surface area contributed by atoms with Crippen LogP contribution in [0.15, 0.2) is 52.5 Å². The van der Waals surface area contributed by atoms with Crippen LogP contribution in [0, 0.1) is 6.92 Å². The lowest BCUT2D eigenvalue weighted by Crippen LogP contribution is -2.45. The highest BCUT2D eigenvalue weighted by molar-refractivity contribution is 7.14. The number of furan rings is 1. The fourth-order valence-corrected chi connectivity index (χ4v) is 4.62. The number of benzene rings is 1. The van der Waals surface area contributed by atoms with Crippen LogP contribution in [-0.4, -0.2) is 34.3 Å². The highest BCUT2D eigenvalue weighted by Gasteiger charge is 2.27. The molecule has 1 aliphatic rings. The second-order valence-corrected chi connectivity index (χ2v) is 8.45. The molecule has 3 heterocycles. The van der Waals surface area contributed by atoms with E-state index in [2.05, 4.69) is 22.4 Å². The van der Waals surface area contributed by atoms with Crippen molar-refractivity contribution in [2.45, 2.75) is 45.1 Å². The molecule has 0 saturated carbocycles. The predicted octanol–water partition coefficient (Wildman–Crippen LogP) is 4.46. The predicted molar refractivity (Wildman–Crippen MR) is 117 cm³/mol. The normalized spacial score (nSPS) is 16.4. The third-order valence-corrected chi connectivity index (χ3v) is 6.28. The molecule has 156 valence electrons. The van der Waals surface area contributed by atoms with E-state index in [0.29, 0.717) is 22.1 Å². The van der Waals surface area contributed by atoms with Crippen LogP contribution in [0.5, 0.6) is 0 Å². The number of carbonyl (C=O) groups excluding carboxylic acids is 2. The molecule has 0 bridgehead atoms. The van der Waals surface area contributed by atoms with Gasteiger partial charge in [-0.1, -0.05) is 30.3 Å². The van der Waals surface area contributed by atoms with Gasteiger partial charge in [0.2, 0.25) is 5.91 Å². The summed E-state index contributed by atoms with van der Waals surface area (Å²) in [6.45, 7) is 2.54. The van der Waals surface area contributed by atoms with Crippen LogP contribution in [0.3, 0.4) is 0 Å². The second kappa shape index (κ2) is 9.26. The molecular formula is C23H25N3O3S. The van der Waals surface area contributed by atoms with Crippen molar-refractivity contribution in [1.29, 1.82) is 0 Å². The van der Waals surface area contributed by atoms with Crippen molar-refractivity contribution in [2.75, 3.05) is 11.9 Å². The first-order valence-electron chi connectivity index (χ1n) is 10.2. The van der Waals surface area contributed by atoms with E-state index in [1.807, 2.05) is 28.5 Å². The van der Waals surface area contributed by atoms with E-state index in [0.717, 1.165) is 32.2 Å². The summed E-state index contributed by atoms with van der Waals surface area (Å²) in [5.74, 6) is 0.408. The van der Waals surface area contributed by atoms with E-state index in [9.17, 15) is 9.59 Å². The number of piperidine rings is 1. The Labute approximate surface area is 179 Å². The van der Waals surface area contributed by atoms with Gasteiger partial charge in [0.25, 0.3) is 5.91 Å². The molecule has 1 N–H and O–H groups in total. The number of nitrogens with zero attached hydrogens (tertiary/aromatic N) is 2. The minimum absolute atomic E-state index is 0.101. The standard InChI is InChI=1S/C23H25N3O3S/c1-16-20(10-12-29-16)22(28)25-23-24-18(15-30-23)14-21(27)26-11-6-5-9-19(26)13-17-7-3-2-4-8-17/h2-4,7-8,10,12,15,19H,5-6,9,11,13-14H2,1H3,(H,24,25,28)/t19-/m1/s1. The lowest BCUT2D eigenvalue weighted by Gasteiger charge is -2.36. The highest BCUT2D eigenvalue weighted by atomic mass is 32.1. The number of aryl methyl sites for hydroxylation is 1. The van der Waals surface area contributed by atoms with E-state index >= 15 is 0 Å². The Morgan fingerprint density at radius 3 is 2.83 bits per heavy atom. The Morgan fingerprint density at radius 1 is 1.23 bits per heavy atom. The van der Waals surface area contributed by atoms with Crippen LogP contribution in [-0.2, 0) is 17.6 Å². The van der Waals surface area contributed by atoms with Crippen LogP contribution in [0.25, 0.3) is 0 Å². The van der Waals surface area contributed by atoms with Gasteiger partial charge in [-0.2, -0.15) is 0 Å². The summed E-state index contributed by atoms with van der Waals surface area (Å²) in [7, 11) is 0. The van der Waals surface area contributed by atoms with Crippen molar-refractivity contribution in [3.8, 4) is 0 Å². The summed E-state index contributed by atoms with van der Waals surface area (Å²) in [6.07, 6.45) is 5.85. The van der Waals surface area contributed by atoms with Crippen molar-refractivity contribution >= 4 is 28.3 Å². The summed E-state index contributed by atoms with van der Waals surface area (Å²) in [5.41, 5.74) is 2.43. The monoisotopic (exact) mass is 423 g/mol. The summed E-state index contributed by atoms with van der Waals surface area (Å²) < 4.78 is 5.17. The smallest absolute Gasteiger partial charge is 0.260 e. The molecule has 1 aromatic carbocycles.